The molecule has 1 N–H and O–H groups in total. The topological polar surface area (TPSA) is 51.0 Å². The van der Waals surface area contributed by atoms with E-state index >= 15 is 0 Å². The third-order valence-electron chi connectivity index (χ3n) is 3.15. The summed E-state index contributed by atoms with van der Waals surface area (Å²) < 4.78 is 5.84. The van der Waals surface area contributed by atoms with Crippen LogP contribution in [-0.4, -0.2) is 16.0 Å². The summed E-state index contributed by atoms with van der Waals surface area (Å²) in [4.78, 5) is 8.59. The SMILES string of the molecule is CCC(C)Nc1ncnc2c1oc1ccccc12. The van der Waals surface area contributed by atoms with Crippen LogP contribution in [0.25, 0.3) is 22.1 Å². The molecule has 3 aromatic rings. The summed E-state index contributed by atoms with van der Waals surface area (Å²) in [6.07, 6.45) is 2.61. The molecule has 1 atom stereocenters. The molecule has 2 aromatic heterocycles. The minimum atomic E-state index is 0.358. The number of hydrogen-bond acceptors (Lipinski definition) is 4. The van der Waals surface area contributed by atoms with Crippen molar-refractivity contribution >= 4 is 27.9 Å². The molecule has 0 spiro atoms. The summed E-state index contributed by atoms with van der Waals surface area (Å²) in [5, 5.41) is 4.38. The molecule has 2 heterocycles. The number of para-hydroxylation sites is 1. The number of rotatable bonds is 3. The van der Waals surface area contributed by atoms with E-state index in [0.29, 0.717) is 6.04 Å². The van der Waals surface area contributed by atoms with Gasteiger partial charge in [0.25, 0.3) is 0 Å². The Hall–Kier alpha value is -2.10. The molecule has 0 amide bonds. The summed E-state index contributed by atoms with van der Waals surface area (Å²) in [7, 11) is 0. The summed E-state index contributed by atoms with van der Waals surface area (Å²) in [6, 6.07) is 8.27. The Morgan fingerprint density at radius 3 is 2.94 bits per heavy atom. The molecule has 1 unspecified atom stereocenters. The molecular formula is C14H15N3O. The lowest BCUT2D eigenvalue weighted by molar-refractivity contribution is 0.663. The van der Waals surface area contributed by atoms with Gasteiger partial charge in [-0.3, -0.25) is 0 Å². The first-order valence-corrected chi connectivity index (χ1v) is 6.18. The molecule has 0 bridgehead atoms. The predicted octanol–water partition coefficient (Wildman–Crippen LogP) is 3.59. The Bertz CT molecular complexity index is 690. The van der Waals surface area contributed by atoms with Gasteiger partial charge in [-0.25, -0.2) is 9.97 Å². The third kappa shape index (κ3) is 1.70. The van der Waals surface area contributed by atoms with Gasteiger partial charge in [0, 0.05) is 11.4 Å². The van der Waals surface area contributed by atoms with Gasteiger partial charge < -0.3 is 9.73 Å². The first-order chi connectivity index (χ1) is 8.79. The summed E-state index contributed by atoms with van der Waals surface area (Å²) in [6.45, 7) is 4.26. The Balaban J connectivity index is 2.21. The highest BCUT2D eigenvalue weighted by atomic mass is 16.3. The maximum absolute atomic E-state index is 5.84. The predicted molar refractivity (Wildman–Crippen MR) is 72.7 cm³/mol. The van der Waals surface area contributed by atoms with E-state index < -0.39 is 0 Å². The summed E-state index contributed by atoms with van der Waals surface area (Å²) in [5.74, 6) is 0.769. The number of nitrogens with zero attached hydrogens (tertiary/aromatic N) is 2. The molecule has 0 saturated carbocycles. The van der Waals surface area contributed by atoms with E-state index in [2.05, 4.69) is 29.1 Å². The maximum atomic E-state index is 5.84. The number of anilines is 1. The van der Waals surface area contributed by atoms with Crippen molar-refractivity contribution in [2.45, 2.75) is 26.3 Å². The van der Waals surface area contributed by atoms with Crippen LogP contribution < -0.4 is 5.32 Å². The molecule has 3 rings (SSSR count). The second kappa shape index (κ2) is 4.29. The second-order valence-electron chi connectivity index (χ2n) is 4.45. The quantitative estimate of drug-likeness (QED) is 0.761. The molecule has 4 heteroatoms. The number of fused-ring (bicyclic) bond motifs is 3. The normalized spacial score (nSPS) is 13.0. The summed E-state index contributed by atoms with van der Waals surface area (Å²) >= 11 is 0. The standard InChI is InChI=1S/C14H15N3O/c1-3-9(2)17-14-13-12(15-8-16-14)10-6-4-5-7-11(10)18-13/h4-9H,3H2,1-2H3,(H,15,16,17). The van der Waals surface area contributed by atoms with Crippen LogP contribution in [0.4, 0.5) is 5.82 Å². The van der Waals surface area contributed by atoms with E-state index in [1.54, 1.807) is 6.33 Å². The van der Waals surface area contributed by atoms with Crippen LogP contribution >= 0.6 is 0 Å². The Labute approximate surface area is 105 Å². The van der Waals surface area contributed by atoms with Crippen LogP contribution in [0.15, 0.2) is 35.0 Å². The molecule has 1 aromatic carbocycles. The van der Waals surface area contributed by atoms with Crippen molar-refractivity contribution in [2.75, 3.05) is 5.32 Å². The molecule has 4 nitrogen and oxygen atoms in total. The van der Waals surface area contributed by atoms with Crippen LogP contribution in [0.1, 0.15) is 20.3 Å². The van der Waals surface area contributed by atoms with Crippen molar-refractivity contribution in [1.82, 2.24) is 9.97 Å². The fourth-order valence-electron chi connectivity index (χ4n) is 1.96. The van der Waals surface area contributed by atoms with Gasteiger partial charge in [0.05, 0.1) is 0 Å². The molecule has 0 radical (unpaired) electrons. The maximum Gasteiger partial charge on any atom is 0.196 e. The van der Waals surface area contributed by atoms with Crippen molar-refractivity contribution in [2.24, 2.45) is 0 Å². The van der Waals surface area contributed by atoms with Crippen LogP contribution in [0.3, 0.4) is 0 Å². The third-order valence-corrected chi connectivity index (χ3v) is 3.15. The van der Waals surface area contributed by atoms with Crippen molar-refractivity contribution in [3.63, 3.8) is 0 Å². The fraction of sp³-hybridized carbons (Fsp3) is 0.286. The number of aromatic nitrogens is 2. The highest BCUT2D eigenvalue weighted by molar-refractivity contribution is 6.05. The van der Waals surface area contributed by atoms with Gasteiger partial charge in [-0.1, -0.05) is 19.1 Å². The largest absolute Gasteiger partial charge is 0.450 e. The Kier molecular flexibility index (Phi) is 2.63. The zero-order chi connectivity index (χ0) is 12.5. The lowest BCUT2D eigenvalue weighted by Crippen LogP contribution is -2.14. The average molecular weight is 241 g/mol. The van der Waals surface area contributed by atoms with Crippen molar-refractivity contribution in [3.05, 3.63) is 30.6 Å². The first kappa shape index (κ1) is 11.0. The highest BCUT2D eigenvalue weighted by Gasteiger charge is 2.13. The smallest absolute Gasteiger partial charge is 0.196 e. The van der Waals surface area contributed by atoms with Gasteiger partial charge >= 0.3 is 0 Å². The monoisotopic (exact) mass is 241 g/mol. The van der Waals surface area contributed by atoms with E-state index in [9.17, 15) is 0 Å². The van der Waals surface area contributed by atoms with Crippen LogP contribution in [0.2, 0.25) is 0 Å². The van der Waals surface area contributed by atoms with E-state index in [0.717, 1.165) is 34.3 Å². The molecule has 92 valence electrons. The van der Waals surface area contributed by atoms with E-state index in [1.807, 2.05) is 24.3 Å². The number of benzene rings is 1. The minimum Gasteiger partial charge on any atom is -0.450 e. The lowest BCUT2D eigenvalue weighted by Gasteiger charge is -2.11. The number of nitrogens with one attached hydrogen (secondary N) is 1. The molecule has 0 aliphatic rings. The van der Waals surface area contributed by atoms with Gasteiger partial charge in [0.15, 0.2) is 11.4 Å². The van der Waals surface area contributed by atoms with Gasteiger partial charge in [-0.05, 0) is 25.5 Å². The van der Waals surface area contributed by atoms with Crippen LogP contribution in [-0.2, 0) is 0 Å². The van der Waals surface area contributed by atoms with Crippen molar-refractivity contribution < 1.29 is 4.42 Å². The molecular weight excluding hydrogens is 226 g/mol. The summed E-state index contributed by atoms with van der Waals surface area (Å²) in [5.41, 5.74) is 2.45. The van der Waals surface area contributed by atoms with E-state index in [1.165, 1.54) is 0 Å². The van der Waals surface area contributed by atoms with Crippen molar-refractivity contribution in [1.29, 1.82) is 0 Å². The van der Waals surface area contributed by atoms with E-state index in [-0.39, 0.29) is 0 Å². The molecule has 0 saturated heterocycles. The average Bonchev–Trinajstić information content (AvgIpc) is 2.78. The Morgan fingerprint density at radius 1 is 1.28 bits per heavy atom. The molecule has 18 heavy (non-hydrogen) atoms. The zero-order valence-electron chi connectivity index (χ0n) is 10.5. The number of furan rings is 1. The van der Waals surface area contributed by atoms with Gasteiger partial charge in [-0.15, -0.1) is 0 Å². The lowest BCUT2D eigenvalue weighted by atomic mass is 10.2. The Morgan fingerprint density at radius 2 is 2.11 bits per heavy atom. The van der Waals surface area contributed by atoms with Gasteiger partial charge in [-0.2, -0.15) is 0 Å². The highest BCUT2D eigenvalue weighted by Crippen LogP contribution is 2.30. The molecule has 0 aliphatic heterocycles. The molecule has 0 fully saturated rings. The molecule has 0 aliphatic carbocycles. The fourth-order valence-corrected chi connectivity index (χ4v) is 1.96. The van der Waals surface area contributed by atoms with Gasteiger partial charge in [0.1, 0.15) is 17.4 Å². The first-order valence-electron chi connectivity index (χ1n) is 6.18. The number of hydrogen-bond donors (Lipinski definition) is 1. The zero-order valence-corrected chi connectivity index (χ0v) is 10.5. The van der Waals surface area contributed by atoms with Crippen molar-refractivity contribution in [3.8, 4) is 0 Å². The van der Waals surface area contributed by atoms with Crippen LogP contribution in [0, 0.1) is 0 Å². The minimum absolute atomic E-state index is 0.358. The second-order valence-corrected chi connectivity index (χ2v) is 4.45. The van der Waals surface area contributed by atoms with Crippen LogP contribution in [0.5, 0.6) is 0 Å². The van der Waals surface area contributed by atoms with Gasteiger partial charge in [0.2, 0.25) is 0 Å². The van der Waals surface area contributed by atoms with E-state index in [4.69, 9.17) is 4.42 Å².